The first-order valence-corrected chi connectivity index (χ1v) is 12.2. The number of ether oxygens (including phenoxy) is 4. The number of pyridine rings is 1. The van der Waals surface area contributed by atoms with Crippen molar-refractivity contribution in [1.29, 1.82) is 0 Å². The molecule has 3 rings (SSSR count). The number of methoxy groups -OCH3 is 3. The number of hydrogen-bond acceptors (Lipinski definition) is 9. The second kappa shape index (κ2) is 12.3. The maximum absolute atomic E-state index is 13.2. The van der Waals surface area contributed by atoms with Crippen LogP contribution in [0.1, 0.15) is 53.4 Å². The average molecular weight is 523 g/mol. The minimum Gasteiger partial charge on any atom is -0.503 e. The fourth-order valence-corrected chi connectivity index (χ4v) is 4.56. The van der Waals surface area contributed by atoms with Gasteiger partial charge < -0.3 is 29.8 Å². The molecule has 0 saturated carbocycles. The van der Waals surface area contributed by atoms with Crippen LogP contribution in [0, 0.1) is 12.8 Å². The van der Waals surface area contributed by atoms with Gasteiger partial charge in [0.1, 0.15) is 17.6 Å². The van der Waals surface area contributed by atoms with Crippen molar-refractivity contribution in [3.8, 4) is 23.0 Å². The lowest BCUT2D eigenvalue weighted by Crippen LogP contribution is -2.28. The van der Waals surface area contributed by atoms with Gasteiger partial charge >= 0.3 is 5.97 Å². The van der Waals surface area contributed by atoms with Gasteiger partial charge in [0.2, 0.25) is 0 Å². The molecular weight excluding hydrogens is 488 g/mol. The summed E-state index contributed by atoms with van der Waals surface area (Å²) < 4.78 is 22.3. The van der Waals surface area contributed by atoms with Crippen LogP contribution < -0.4 is 19.9 Å². The molecule has 0 aliphatic carbocycles. The second-order valence-electron chi connectivity index (χ2n) is 9.03. The zero-order valence-corrected chi connectivity index (χ0v) is 22.5. The summed E-state index contributed by atoms with van der Waals surface area (Å²) in [6.45, 7) is 5.30. The van der Waals surface area contributed by atoms with E-state index in [9.17, 15) is 14.7 Å². The maximum Gasteiger partial charge on any atom is 0.309 e. The molecule has 0 aliphatic rings. The molecule has 0 bridgehead atoms. The zero-order valence-electron chi connectivity index (χ0n) is 22.5. The normalized spacial score (nSPS) is 13.2. The molecule has 9 heteroatoms. The van der Waals surface area contributed by atoms with Crippen molar-refractivity contribution in [1.82, 2.24) is 4.98 Å². The van der Waals surface area contributed by atoms with Crippen molar-refractivity contribution < 1.29 is 33.6 Å². The summed E-state index contributed by atoms with van der Waals surface area (Å²) in [5, 5.41) is 10.3. The van der Waals surface area contributed by atoms with Crippen LogP contribution in [0.5, 0.6) is 23.0 Å². The molecule has 0 radical (unpaired) electrons. The number of anilines is 1. The van der Waals surface area contributed by atoms with Gasteiger partial charge in [-0.05, 0) is 25.5 Å². The lowest BCUT2D eigenvalue weighted by Gasteiger charge is -2.29. The van der Waals surface area contributed by atoms with E-state index < -0.39 is 29.7 Å². The van der Waals surface area contributed by atoms with Crippen molar-refractivity contribution in [2.75, 3.05) is 27.1 Å². The molecule has 3 atom stereocenters. The summed E-state index contributed by atoms with van der Waals surface area (Å²) in [7, 11) is 4.50. The topological polar surface area (TPSA) is 130 Å². The molecule has 9 nitrogen and oxygen atoms in total. The summed E-state index contributed by atoms with van der Waals surface area (Å²) in [6, 6.07) is 12.6. The van der Waals surface area contributed by atoms with Gasteiger partial charge in [-0.1, -0.05) is 37.3 Å². The van der Waals surface area contributed by atoms with E-state index >= 15 is 0 Å². The minimum absolute atomic E-state index is 0.123. The highest BCUT2D eigenvalue weighted by Crippen LogP contribution is 2.43. The third-order valence-electron chi connectivity index (χ3n) is 6.43. The van der Waals surface area contributed by atoms with Gasteiger partial charge in [-0.3, -0.25) is 9.59 Å². The Bertz CT molecular complexity index is 1250. The van der Waals surface area contributed by atoms with E-state index in [1.807, 2.05) is 37.3 Å². The third-order valence-corrected chi connectivity index (χ3v) is 6.43. The second-order valence-corrected chi connectivity index (χ2v) is 9.03. The minimum atomic E-state index is -0.805. The number of nitrogens with two attached hydrogens (primary N) is 1. The Hall–Kier alpha value is -4.27. The Morgan fingerprint density at radius 3 is 2.21 bits per heavy atom. The first-order valence-electron chi connectivity index (χ1n) is 12.2. The van der Waals surface area contributed by atoms with Gasteiger partial charge in [0.25, 0.3) is 0 Å². The standard InChI is InChI=1S/C29H34N2O7/c1-16-9-7-10-19(27(16)36-5)24(20-11-8-12-21(30)28(20)37-6)18(3)38-29(34)17(2)15-22(32)25-26(33)23(35-4)13-14-31-25/h7-14,17-18,24,33H,15,30H2,1-6H3/t17-,18?,24?/m1/s1. The molecule has 2 aromatic carbocycles. The van der Waals surface area contributed by atoms with E-state index in [-0.39, 0.29) is 23.6 Å². The lowest BCUT2D eigenvalue weighted by molar-refractivity contribution is -0.153. The van der Waals surface area contributed by atoms with Crippen LogP contribution in [-0.2, 0) is 9.53 Å². The fourth-order valence-electron chi connectivity index (χ4n) is 4.56. The molecule has 3 N–H and O–H groups in total. The Morgan fingerprint density at radius 2 is 1.58 bits per heavy atom. The summed E-state index contributed by atoms with van der Waals surface area (Å²) in [4.78, 5) is 29.9. The van der Waals surface area contributed by atoms with Gasteiger partial charge in [0.15, 0.2) is 23.0 Å². The number of aryl methyl sites for hydroxylation is 1. The smallest absolute Gasteiger partial charge is 0.309 e. The highest BCUT2D eigenvalue weighted by Gasteiger charge is 2.33. The number of para-hydroxylation sites is 2. The van der Waals surface area contributed by atoms with Crippen molar-refractivity contribution in [2.24, 2.45) is 5.92 Å². The number of ketones is 1. The van der Waals surface area contributed by atoms with Crippen molar-refractivity contribution >= 4 is 17.4 Å². The number of aromatic hydroxyl groups is 1. The molecule has 202 valence electrons. The van der Waals surface area contributed by atoms with E-state index in [4.69, 9.17) is 24.7 Å². The highest BCUT2D eigenvalue weighted by atomic mass is 16.5. The molecule has 0 saturated heterocycles. The van der Waals surface area contributed by atoms with Gasteiger partial charge in [0.05, 0.1) is 38.9 Å². The number of esters is 1. The molecule has 2 unspecified atom stereocenters. The van der Waals surface area contributed by atoms with Gasteiger partial charge in [-0.2, -0.15) is 0 Å². The lowest BCUT2D eigenvalue weighted by atomic mass is 9.84. The SMILES string of the molecule is COc1ccnc(C(=O)C[C@@H](C)C(=O)OC(C)C(c2cccc(C)c2OC)c2cccc(N)c2OC)c1O. The monoisotopic (exact) mass is 522 g/mol. The van der Waals surface area contributed by atoms with Crippen LogP contribution in [0.15, 0.2) is 48.7 Å². The summed E-state index contributed by atoms with van der Waals surface area (Å²) in [5.74, 6) is -1.48. The Balaban J connectivity index is 1.91. The van der Waals surface area contributed by atoms with E-state index in [2.05, 4.69) is 4.98 Å². The van der Waals surface area contributed by atoms with Crippen LogP contribution in [0.2, 0.25) is 0 Å². The number of benzene rings is 2. The largest absolute Gasteiger partial charge is 0.503 e. The fraction of sp³-hybridized carbons (Fsp3) is 0.345. The van der Waals surface area contributed by atoms with E-state index in [1.54, 1.807) is 27.0 Å². The number of nitrogens with zero attached hydrogens (tertiary/aromatic N) is 1. The predicted molar refractivity (Wildman–Crippen MR) is 143 cm³/mol. The molecule has 0 fully saturated rings. The summed E-state index contributed by atoms with van der Waals surface area (Å²) >= 11 is 0. The first kappa shape index (κ1) is 28.3. The van der Waals surface area contributed by atoms with Crippen LogP contribution in [0.3, 0.4) is 0 Å². The Morgan fingerprint density at radius 1 is 0.947 bits per heavy atom. The quantitative estimate of drug-likeness (QED) is 0.209. The number of nitrogen functional groups attached to an aromatic ring is 1. The zero-order chi connectivity index (χ0) is 28.0. The third kappa shape index (κ3) is 5.82. The van der Waals surface area contributed by atoms with Gasteiger partial charge in [-0.25, -0.2) is 4.98 Å². The Labute approximate surface area is 222 Å². The molecular formula is C29H34N2O7. The summed E-state index contributed by atoms with van der Waals surface area (Å²) in [6.07, 6.45) is 0.462. The molecule has 3 aromatic rings. The molecule has 1 heterocycles. The van der Waals surface area contributed by atoms with Crippen LogP contribution in [0.4, 0.5) is 5.69 Å². The number of carbonyl (C=O) groups excluding carboxylic acids is 2. The first-order chi connectivity index (χ1) is 18.1. The Kier molecular flexibility index (Phi) is 9.17. The van der Waals surface area contributed by atoms with E-state index in [1.165, 1.54) is 26.5 Å². The number of rotatable bonds is 11. The van der Waals surface area contributed by atoms with Crippen LogP contribution >= 0.6 is 0 Å². The van der Waals surface area contributed by atoms with Crippen molar-refractivity contribution in [2.45, 2.75) is 39.2 Å². The van der Waals surface area contributed by atoms with Crippen LogP contribution in [0.25, 0.3) is 0 Å². The number of carbonyl (C=O) groups is 2. The molecule has 0 aliphatic heterocycles. The maximum atomic E-state index is 13.2. The molecule has 1 aromatic heterocycles. The van der Waals surface area contributed by atoms with Crippen molar-refractivity contribution in [3.63, 3.8) is 0 Å². The number of aromatic nitrogens is 1. The number of Topliss-reactive ketones (excluding diaryl/α,β-unsaturated/α-hetero) is 1. The highest BCUT2D eigenvalue weighted by molar-refractivity contribution is 5.99. The molecule has 0 spiro atoms. The summed E-state index contributed by atoms with van der Waals surface area (Å²) in [5.41, 5.74) is 8.93. The molecule has 38 heavy (non-hydrogen) atoms. The van der Waals surface area contributed by atoms with Crippen LogP contribution in [-0.4, -0.2) is 49.3 Å². The van der Waals surface area contributed by atoms with Gasteiger partial charge in [-0.15, -0.1) is 0 Å². The predicted octanol–water partition coefficient (Wildman–Crippen LogP) is 4.68. The average Bonchev–Trinajstić information content (AvgIpc) is 2.89. The van der Waals surface area contributed by atoms with Crippen molar-refractivity contribution in [3.05, 3.63) is 71.0 Å². The number of hydrogen-bond donors (Lipinski definition) is 2. The molecule has 0 amide bonds. The van der Waals surface area contributed by atoms with Gasteiger partial charge in [0, 0.05) is 29.8 Å². The van der Waals surface area contributed by atoms with E-state index in [0.717, 1.165) is 16.7 Å². The van der Waals surface area contributed by atoms with E-state index in [0.29, 0.717) is 17.2 Å².